The molecule has 0 spiro atoms. The highest BCUT2D eigenvalue weighted by Gasteiger charge is 2.26. The molecule has 1 N–H and O–H groups in total. The van der Waals surface area contributed by atoms with Crippen LogP contribution in [0.4, 0.5) is 0 Å². The van der Waals surface area contributed by atoms with E-state index in [0.717, 1.165) is 89.0 Å². The lowest BCUT2D eigenvalue weighted by Crippen LogP contribution is -2.11. The summed E-state index contributed by atoms with van der Waals surface area (Å²) >= 11 is 0. The number of fused-ring (bicyclic) bond motifs is 5. The van der Waals surface area contributed by atoms with Crippen LogP contribution in [0.15, 0.2) is 188 Å². The van der Waals surface area contributed by atoms with Crippen molar-refractivity contribution in [2.45, 2.75) is 52.4 Å². The predicted octanol–water partition coefficient (Wildman–Crippen LogP) is 16.1. The summed E-state index contributed by atoms with van der Waals surface area (Å²) in [6.07, 6.45) is 1.93. The second-order valence-corrected chi connectivity index (χ2v) is 19.2. The highest BCUT2D eigenvalue weighted by atomic mass is 15.1. The zero-order chi connectivity index (χ0) is 43.7. The molecule has 0 fully saturated rings. The van der Waals surface area contributed by atoms with Crippen LogP contribution in [0.25, 0.3) is 105 Å². The minimum atomic E-state index is -0.120. The molecule has 0 aliphatic rings. The average molecular weight is 827 g/mol. The fourth-order valence-corrected chi connectivity index (χ4v) is 9.43. The normalized spacial score (nSPS) is 12.2. The Morgan fingerprint density at radius 2 is 1.14 bits per heavy atom. The molecule has 0 aliphatic carbocycles. The predicted molar refractivity (Wildman–Crippen MR) is 270 cm³/mol. The molecule has 0 radical (unpaired) electrons. The smallest absolute Gasteiger partial charge is 0.147 e. The standard InChI is InChI=1S/C60H50N4/c1-59(2,3)43-28-29-52-49(35-43)50-36-44(60(4,5)6)37-51(56(50)62-52)58-63-57-47(25-17-27-55(57)64(58)54-26-16-15-24-46(54)39-20-11-8-12-21-39)42-32-41-22-13-14-23-45(41)48(33-42)53-34-40(30-31-61-53)38-18-9-7-10-19-38/h7-37,62H,1-6H3. The van der Waals surface area contributed by atoms with E-state index >= 15 is 0 Å². The number of H-pyrrole nitrogens is 1. The molecule has 0 unspecified atom stereocenters. The van der Waals surface area contributed by atoms with Crippen molar-refractivity contribution >= 4 is 43.6 Å². The molecule has 0 amide bonds. The van der Waals surface area contributed by atoms with Gasteiger partial charge in [-0.1, -0.05) is 163 Å². The van der Waals surface area contributed by atoms with Gasteiger partial charge in [0.15, 0.2) is 0 Å². The van der Waals surface area contributed by atoms with Crippen LogP contribution in [0.1, 0.15) is 52.7 Å². The van der Waals surface area contributed by atoms with Gasteiger partial charge in [-0.25, -0.2) is 4.98 Å². The van der Waals surface area contributed by atoms with Gasteiger partial charge in [0.1, 0.15) is 5.82 Å². The van der Waals surface area contributed by atoms with Gasteiger partial charge < -0.3 is 4.98 Å². The molecular weight excluding hydrogens is 777 g/mol. The summed E-state index contributed by atoms with van der Waals surface area (Å²) in [5.41, 5.74) is 17.6. The number of pyridine rings is 1. The van der Waals surface area contributed by atoms with Gasteiger partial charge >= 0.3 is 0 Å². The number of hydrogen-bond acceptors (Lipinski definition) is 2. The molecule has 11 rings (SSSR count). The third kappa shape index (κ3) is 6.78. The molecule has 64 heavy (non-hydrogen) atoms. The van der Waals surface area contributed by atoms with Gasteiger partial charge in [-0.2, -0.15) is 0 Å². The molecule has 4 nitrogen and oxygen atoms in total. The van der Waals surface area contributed by atoms with E-state index in [-0.39, 0.29) is 10.8 Å². The first kappa shape index (κ1) is 39.3. The van der Waals surface area contributed by atoms with Crippen molar-refractivity contribution in [3.8, 4) is 61.7 Å². The number of benzene rings is 8. The second kappa shape index (κ2) is 15.1. The fraction of sp³-hybridized carbons (Fsp3) is 0.133. The van der Waals surface area contributed by atoms with Gasteiger partial charge in [0.05, 0.1) is 27.9 Å². The summed E-state index contributed by atoms with van der Waals surface area (Å²) in [5, 5.41) is 4.76. The summed E-state index contributed by atoms with van der Waals surface area (Å²) in [7, 11) is 0. The fourth-order valence-electron chi connectivity index (χ4n) is 9.43. The number of rotatable bonds is 6. The Balaban J connectivity index is 1.22. The lowest BCUT2D eigenvalue weighted by atomic mass is 9.84. The summed E-state index contributed by atoms with van der Waals surface area (Å²) in [6.45, 7) is 13.8. The van der Waals surface area contributed by atoms with Gasteiger partial charge in [0, 0.05) is 44.7 Å². The van der Waals surface area contributed by atoms with Gasteiger partial charge in [-0.3, -0.25) is 9.55 Å². The molecular formula is C60H50N4. The molecule has 0 atom stereocenters. The van der Waals surface area contributed by atoms with Crippen LogP contribution in [-0.2, 0) is 10.8 Å². The van der Waals surface area contributed by atoms with Gasteiger partial charge in [0.2, 0.25) is 0 Å². The Kier molecular flexibility index (Phi) is 9.25. The third-order valence-corrected chi connectivity index (χ3v) is 12.9. The van der Waals surface area contributed by atoms with E-state index in [9.17, 15) is 0 Å². The highest BCUT2D eigenvalue weighted by Crippen LogP contribution is 2.44. The number of aromatic amines is 1. The molecule has 4 heteroatoms. The van der Waals surface area contributed by atoms with Crippen molar-refractivity contribution in [2.24, 2.45) is 0 Å². The summed E-state index contributed by atoms with van der Waals surface area (Å²) < 4.78 is 2.40. The number of nitrogens with zero attached hydrogens (tertiary/aromatic N) is 3. The molecule has 0 saturated heterocycles. The van der Waals surface area contributed by atoms with Crippen molar-refractivity contribution < 1.29 is 0 Å². The maximum atomic E-state index is 5.83. The van der Waals surface area contributed by atoms with E-state index in [4.69, 9.17) is 9.97 Å². The molecule has 8 aromatic carbocycles. The van der Waals surface area contributed by atoms with Gasteiger partial charge in [-0.15, -0.1) is 0 Å². The van der Waals surface area contributed by atoms with Crippen LogP contribution in [0.5, 0.6) is 0 Å². The zero-order valence-electron chi connectivity index (χ0n) is 37.2. The number of para-hydroxylation sites is 2. The molecule has 310 valence electrons. The zero-order valence-corrected chi connectivity index (χ0v) is 37.2. The van der Waals surface area contributed by atoms with E-state index in [1.165, 1.54) is 27.5 Å². The highest BCUT2D eigenvalue weighted by molar-refractivity contribution is 6.13. The topological polar surface area (TPSA) is 46.5 Å². The number of aromatic nitrogens is 4. The largest absolute Gasteiger partial charge is 0.354 e. The maximum Gasteiger partial charge on any atom is 0.147 e. The van der Waals surface area contributed by atoms with E-state index in [1.807, 2.05) is 6.20 Å². The van der Waals surface area contributed by atoms with E-state index < -0.39 is 0 Å². The van der Waals surface area contributed by atoms with Crippen molar-refractivity contribution in [3.63, 3.8) is 0 Å². The van der Waals surface area contributed by atoms with Crippen molar-refractivity contribution in [3.05, 3.63) is 199 Å². The van der Waals surface area contributed by atoms with Crippen LogP contribution in [0.2, 0.25) is 0 Å². The van der Waals surface area contributed by atoms with Gasteiger partial charge in [0.25, 0.3) is 0 Å². The number of nitrogens with one attached hydrogen (secondary N) is 1. The monoisotopic (exact) mass is 826 g/mol. The average Bonchev–Trinajstić information content (AvgIpc) is 3.90. The minimum absolute atomic E-state index is 0.0111. The summed E-state index contributed by atoms with van der Waals surface area (Å²) in [6, 6.07) is 65.9. The third-order valence-electron chi connectivity index (χ3n) is 12.9. The molecule has 0 saturated carbocycles. The van der Waals surface area contributed by atoms with Crippen molar-refractivity contribution in [1.82, 2.24) is 19.5 Å². The minimum Gasteiger partial charge on any atom is -0.354 e. The lowest BCUT2D eigenvalue weighted by molar-refractivity contribution is 0.590. The van der Waals surface area contributed by atoms with Crippen LogP contribution >= 0.6 is 0 Å². The SMILES string of the molecule is CC(C)(C)c1ccc2[nH]c3c(-c4nc5c(-c6cc(-c7cc(-c8ccccc8)ccn7)c7ccccc7c6)cccc5n4-c4ccccc4-c4ccccc4)cc(C(C)(C)C)cc3c2c1. The lowest BCUT2D eigenvalue weighted by Gasteiger charge is -2.21. The molecule has 3 aromatic heterocycles. The first-order valence-corrected chi connectivity index (χ1v) is 22.3. The Labute approximate surface area is 374 Å². The first-order chi connectivity index (χ1) is 31.0. The Hall–Kier alpha value is -7.56. The van der Waals surface area contributed by atoms with Crippen LogP contribution in [0, 0.1) is 0 Å². The first-order valence-electron chi connectivity index (χ1n) is 22.3. The van der Waals surface area contributed by atoms with E-state index in [2.05, 4.69) is 233 Å². The Bertz CT molecular complexity index is 3560. The Morgan fingerprint density at radius 3 is 1.92 bits per heavy atom. The molecule has 3 heterocycles. The quantitative estimate of drug-likeness (QED) is 0.181. The second-order valence-electron chi connectivity index (χ2n) is 19.2. The maximum absolute atomic E-state index is 5.83. The van der Waals surface area contributed by atoms with Gasteiger partial charge in [-0.05, 0) is 116 Å². The summed E-state index contributed by atoms with van der Waals surface area (Å²) in [4.78, 5) is 14.7. The number of hydrogen-bond donors (Lipinski definition) is 1. The van der Waals surface area contributed by atoms with Crippen molar-refractivity contribution in [2.75, 3.05) is 0 Å². The Morgan fingerprint density at radius 1 is 0.453 bits per heavy atom. The number of imidazole rings is 1. The van der Waals surface area contributed by atoms with E-state index in [0.29, 0.717) is 0 Å². The van der Waals surface area contributed by atoms with Crippen LogP contribution < -0.4 is 0 Å². The summed E-state index contributed by atoms with van der Waals surface area (Å²) in [5.74, 6) is 0.891. The van der Waals surface area contributed by atoms with Crippen LogP contribution in [-0.4, -0.2) is 19.5 Å². The molecule has 0 aliphatic heterocycles. The van der Waals surface area contributed by atoms with Crippen molar-refractivity contribution in [1.29, 1.82) is 0 Å². The van der Waals surface area contributed by atoms with E-state index in [1.54, 1.807) is 0 Å². The molecule has 11 aromatic rings. The molecule has 0 bridgehead atoms. The van der Waals surface area contributed by atoms with Crippen LogP contribution in [0.3, 0.4) is 0 Å².